The molecule has 0 saturated heterocycles. The fraction of sp³-hybridized carbons (Fsp3) is 0.222. The number of methoxy groups -OCH3 is 2. The van der Waals surface area contributed by atoms with Crippen LogP contribution < -0.4 is 14.3 Å². The summed E-state index contributed by atoms with van der Waals surface area (Å²) in [7, 11) is 3.33. The first kappa shape index (κ1) is 21.9. The molecule has 0 atom stereocenters. The molecule has 0 aliphatic rings. The predicted octanol–water partition coefficient (Wildman–Crippen LogP) is 6.33. The molecule has 4 nitrogen and oxygen atoms in total. The van der Waals surface area contributed by atoms with Crippen LogP contribution in [0.15, 0.2) is 77.1 Å². The normalized spacial score (nSPS) is 11.6. The van der Waals surface area contributed by atoms with E-state index in [4.69, 9.17) is 14.5 Å². The van der Waals surface area contributed by atoms with E-state index in [0.29, 0.717) is 0 Å². The Morgan fingerprint density at radius 1 is 0.875 bits per heavy atom. The predicted molar refractivity (Wildman–Crippen MR) is 132 cm³/mol. The van der Waals surface area contributed by atoms with E-state index < -0.39 is 0 Å². The average molecular weight is 445 g/mol. The number of aromatic nitrogens is 1. The summed E-state index contributed by atoms with van der Waals surface area (Å²) in [6.45, 7) is 5.07. The van der Waals surface area contributed by atoms with E-state index in [0.717, 1.165) is 35.0 Å². The fourth-order valence-corrected chi connectivity index (χ4v) is 4.66. The number of benzene rings is 3. The van der Waals surface area contributed by atoms with Crippen molar-refractivity contribution >= 4 is 17.0 Å². The fourth-order valence-electron chi connectivity index (χ4n) is 3.71. The summed E-state index contributed by atoms with van der Waals surface area (Å²) in [4.78, 5) is 6.06. The summed E-state index contributed by atoms with van der Waals surface area (Å²) in [5.74, 6) is 1.50. The third-order valence-corrected chi connectivity index (χ3v) is 6.59. The molecule has 0 aliphatic carbocycles. The number of hydrogen-bond donors (Lipinski definition) is 0. The molecule has 0 N–H and O–H groups in total. The molecule has 164 valence electrons. The highest BCUT2D eigenvalue weighted by molar-refractivity contribution is 7.07. The van der Waals surface area contributed by atoms with Crippen LogP contribution in [-0.2, 0) is 13.0 Å². The molecule has 0 saturated carbocycles. The highest BCUT2D eigenvalue weighted by Gasteiger charge is 2.11. The zero-order chi connectivity index (χ0) is 22.5. The largest absolute Gasteiger partial charge is 0.493 e. The summed E-state index contributed by atoms with van der Waals surface area (Å²) >= 11 is 1.68. The smallest absolute Gasteiger partial charge is 0.190 e. The second-order valence-electron chi connectivity index (χ2n) is 7.69. The van der Waals surface area contributed by atoms with Gasteiger partial charge >= 0.3 is 0 Å². The van der Waals surface area contributed by atoms with Crippen molar-refractivity contribution in [3.05, 3.63) is 93.6 Å². The van der Waals surface area contributed by atoms with Crippen LogP contribution in [0, 0.1) is 13.8 Å². The molecule has 0 amide bonds. The van der Waals surface area contributed by atoms with E-state index in [1.54, 1.807) is 25.6 Å². The third-order valence-electron chi connectivity index (χ3n) is 5.73. The monoisotopic (exact) mass is 444 g/mol. The van der Waals surface area contributed by atoms with E-state index in [9.17, 15) is 0 Å². The van der Waals surface area contributed by atoms with Crippen molar-refractivity contribution in [2.75, 3.05) is 14.2 Å². The molecule has 3 aromatic carbocycles. The van der Waals surface area contributed by atoms with Crippen molar-refractivity contribution in [2.24, 2.45) is 4.99 Å². The number of thiazole rings is 1. The lowest BCUT2D eigenvalue weighted by Crippen LogP contribution is -2.17. The topological polar surface area (TPSA) is 35.8 Å². The highest BCUT2D eigenvalue weighted by Crippen LogP contribution is 2.28. The Morgan fingerprint density at radius 3 is 2.41 bits per heavy atom. The second-order valence-corrected chi connectivity index (χ2v) is 8.53. The molecule has 1 aromatic heterocycles. The molecule has 1 heterocycles. The first-order valence-corrected chi connectivity index (χ1v) is 11.5. The number of hydrogen-bond acceptors (Lipinski definition) is 4. The Morgan fingerprint density at radius 2 is 1.66 bits per heavy atom. The lowest BCUT2D eigenvalue weighted by molar-refractivity contribution is 0.354. The zero-order valence-electron chi connectivity index (χ0n) is 19.0. The van der Waals surface area contributed by atoms with E-state index in [1.807, 2.05) is 12.1 Å². The Kier molecular flexibility index (Phi) is 6.76. The van der Waals surface area contributed by atoms with Crippen molar-refractivity contribution in [3.8, 4) is 22.8 Å². The van der Waals surface area contributed by atoms with Crippen molar-refractivity contribution < 1.29 is 9.47 Å². The van der Waals surface area contributed by atoms with Gasteiger partial charge in [-0.2, -0.15) is 0 Å². The molecule has 0 spiro atoms. The van der Waals surface area contributed by atoms with Gasteiger partial charge in [-0.1, -0.05) is 48.5 Å². The number of aryl methyl sites for hydroxylation is 2. The van der Waals surface area contributed by atoms with Gasteiger partial charge in [0.2, 0.25) is 0 Å². The van der Waals surface area contributed by atoms with Gasteiger partial charge in [0.25, 0.3) is 0 Å². The molecule has 4 rings (SSSR count). The number of nitrogens with zero attached hydrogens (tertiary/aromatic N) is 2. The minimum atomic E-state index is 0.745. The van der Waals surface area contributed by atoms with Crippen LogP contribution in [0.1, 0.15) is 16.7 Å². The van der Waals surface area contributed by atoms with Crippen LogP contribution in [-0.4, -0.2) is 18.8 Å². The van der Waals surface area contributed by atoms with Gasteiger partial charge < -0.3 is 14.0 Å². The Labute approximate surface area is 193 Å². The van der Waals surface area contributed by atoms with Gasteiger partial charge in [-0.15, -0.1) is 11.3 Å². The van der Waals surface area contributed by atoms with E-state index >= 15 is 0 Å². The highest BCUT2D eigenvalue weighted by atomic mass is 32.1. The van der Waals surface area contributed by atoms with Gasteiger partial charge in [-0.3, -0.25) is 0 Å². The molecule has 0 fully saturated rings. The van der Waals surface area contributed by atoms with Crippen LogP contribution in [0.5, 0.6) is 11.5 Å². The lowest BCUT2D eigenvalue weighted by Gasteiger charge is -2.12. The number of ether oxygens (including phenoxy) is 2. The van der Waals surface area contributed by atoms with Gasteiger partial charge in [-0.05, 0) is 60.7 Å². The maximum atomic E-state index is 5.49. The maximum Gasteiger partial charge on any atom is 0.190 e. The second kappa shape index (κ2) is 9.88. The average Bonchev–Trinajstić information content (AvgIpc) is 3.23. The Bertz CT molecular complexity index is 1270. The van der Waals surface area contributed by atoms with Crippen LogP contribution in [0.25, 0.3) is 11.3 Å². The molecule has 0 bridgehead atoms. The van der Waals surface area contributed by atoms with Crippen molar-refractivity contribution in [1.29, 1.82) is 0 Å². The van der Waals surface area contributed by atoms with E-state index in [1.165, 1.54) is 27.9 Å². The minimum Gasteiger partial charge on any atom is -0.493 e. The van der Waals surface area contributed by atoms with Gasteiger partial charge in [0.05, 0.1) is 25.6 Å². The summed E-state index contributed by atoms with van der Waals surface area (Å²) in [5.41, 5.74) is 7.06. The van der Waals surface area contributed by atoms with Gasteiger partial charge in [0.15, 0.2) is 16.3 Å². The minimum absolute atomic E-state index is 0.745. The molecular formula is C27H28N2O2S. The number of rotatable bonds is 7. The standard InChI is InChI=1S/C27H28N2O2S/c1-19-9-8-12-23(20(19)2)28-27-29(24(18-32-27)22-10-6-5-7-11-22)16-15-21-13-14-25(30-3)26(17-21)31-4/h5-14,17-18H,15-16H2,1-4H3. The lowest BCUT2D eigenvalue weighted by atomic mass is 10.1. The van der Waals surface area contributed by atoms with E-state index in [-0.39, 0.29) is 0 Å². The third kappa shape index (κ3) is 4.63. The summed E-state index contributed by atoms with van der Waals surface area (Å²) < 4.78 is 13.2. The first-order valence-electron chi connectivity index (χ1n) is 10.7. The van der Waals surface area contributed by atoms with Crippen molar-refractivity contribution in [3.63, 3.8) is 0 Å². The summed E-state index contributed by atoms with van der Waals surface area (Å²) in [5, 5.41) is 2.20. The van der Waals surface area contributed by atoms with Gasteiger partial charge in [0.1, 0.15) is 0 Å². The molecule has 4 aromatic rings. The molecule has 0 aliphatic heterocycles. The Hall–Kier alpha value is -3.31. The zero-order valence-corrected chi connectivity index (χ0v) is 19.8. The SMILES string of the molecule is COc1ccc(CCn2c(-c3ccccc3)csc2=Nc2cccc(C)c2C)cc1OC. The maximum absolute atomic E-state index is 5.49. The molecule has 32 heavy (non-hydrogen) atoms. The summed E-state index contributed by atoms with van der Waals surface area (Å²) in [6, 6.07) is 22.9. The van der Waals surface area contributed by atoms with Gasteiger partial charge in [-0.25, -0.2) is 4.99 Å². The molecule has 0 unspecified atom stereocenters. The molecule has 0 radical (unpaired) electrons. The molecule has 5 heteroatoms. The van der Waals surface area contributed by atoms with Crippen LogP contribution in [0.3, 0.4) is 0 Å². The summed E-state index contributed by atoms with van der Waals surface area (Å²) in [6.07, 6.45) is 0.858. The first-order chi connectivity index (χ1) is 15.6. The van der Waals surface area contributed by atoms with Crippen molar-refractivity contribution in [2.45, 2.75) is 26.8 Å². The van der Waals surface area contributed by atoms with Crippen molar-refractivity contribution in [1.82, 2.24) is 4.57 Å². The Balaban J connectivity index is 1.74. The quantitative estimate of drug-likeness (QED) is 0.334. The van der Waals surface area contributed by atoms with Crippen LogP contribution >= 0.6 is 11.3 Å². The van der Waals surface area contributed by atoms with Crippen LogP contribution in [0.2, 0.25) is 0 Å². The van der Waals surface area contributed by atoms with E-state index in [2.05, 4.69) is 78.4 Å². The van der Waals surface area contributed by atoms with Crippen LogP contribution in [0.4, 0.5) is 5.69 Å². The van der Waals surface area contributed by atoms with Gasteiger partial charge in [0, 0.05) is 11.9 Å². The molecular weight excluding hydrogens is 416 g/mol.